The third kappa shape index (κ3) is 1.28. The Morgan fingerprint density at radius 2 is 2.19 bits per heavy atom. The first kappa shape index (κ1) is 9.85. The third-order valence-corrected chi connectivity index (χ3v) is 3.67. The van der Waals surface area contributed by atoms with Crippen LogP contribution in [0, 0.1) is 0 Å². The zero-order valence-corrected chi connectivity index (χ0v) is 9.44. The fourth-order valence-electron chi connectivity index (χ4n) is 2.77. The second kappa shape index (κ2) is 3.59. The Hall–Kier alpha value is -1.35. The van der Waals surface area contributed by atoms with Gasteiger partial charge in [-0.05, 0) is 31.5 Å². The lowest BCUT2D eigenvalue weighted by Crippen LogP contribution is -2.39. The minimum Gasteiger partial charge on any atom is -0.315 e. The summed E-state index contributed by atoms with van der Waals surface area (Å²) < 4.78 is 0. The fraction of sp³-hybridized carbons (Fsp3) is 0.462. The number of anilines is 1. The van der Waals surface area contributed by atoms with Gasteiger partial charge in [-0.25, -0.2) is 0 Å². The molecule has 3 rings (SSSR count). The standard InChI is InChI=1S/C13H16N2O/c1-9-11-4-2-3-5-12(11)15(13(9)16)10-6-7-14-8-10/h2-5,9-10,14H,6-8H2,1H3/t9?,10-/m0/s1. The van der Waals surface area contributed by atoms with Crippen molar-refractivity contribution in [3.05, 3.63) is 29.8 Å². The number of carbonyl (C=O) groups is 1. The molecule has 0 radical (unpaired) electrons. The van der Waals surface area contributed by atoms with Crippen molar-refractivity contribution in [2.75, 3.05) is 18.0 Å². The van der Waals surface area contributed by atoms with Gasteiger partial charge in [-0.3, -0.25) is 4.79 Å². The topological polar surface area (TPSA) is 32.3 Å². The summed E-state index contributed by atoms with van der Waals surface area (Å²) in [5, 5.41) is 3.32. The summed E-state index contributed by atoms with van der Waals surface area (Å²) in [4.78, 5) is 14.2. The normalized spacial score (nSPS) is 28.6. The molecule has 0 saturated carbocycles. The van der Waals surface area contributed by atoms with Crippen LogP contribution < -0.4 is 10.2 Å². The van der Waals surface area contributed by atoms with E-state index >= 15 is 0 Å². The van der Waals surface area contributed by atoms with Crippen molar-refractivity contribution < 1.29 is 4.79 Å². The highest BCUT2D eigenvalue weighted by molar-refractivity contribution is 6.05. The van der Waals surface area contributed by atoms with E-state index in [-0.39, 0.29) is 11.8 Å². The zero-order chi connectivity index (χ0) is 11.1. The van der Waals surface area contributed by atoms with Crippen LogP contribution in [-0.2, 0) is 4.79 Å². The van der Waals surface area contributed by atoms with Crippen LogP contribution in [0.2, 0.25) is 0 Å². The van der Waals surface area contributed by atoms with E-state index in [2.05, 4.69) is 17.4 Å². The molecular formula is C13H16N2O. The van der Waals surface area contributed by atoms with E-state index in [0.29, 0.717) is 6.04 Å². The van der Waals surface area contributed by atoms with Crippen molar-refractivity contribution in [2.45, 2.75) is 25.3 Å². The van der Waals surface area contributed by atoms with E-state index in [1.54, 1.807) is 0 Å². The van der Waals surface area contributed by atoms with Crippen molar-refractivity contribution in [3.63, 3.8) is 0 Å². The van der Waals surface area contributed by atoms with Crippen molar-refractivity contribution in [3.8, 4) is 0 Å². The Kier molecular flexibility index (Phi) is 2.21. The number of carbonyl (C=O) groups excluding carboxylic acids is 1. The van der Waals surface area contributed by atoms with E-state index < -0.39 is 0 Å². The molecule has 3 heteroatoms. The Morgan fingerprint density at radius 1 is 1.38 bits per heavy atom. The average Bonchev–Trinajstić information content (AvgIpc) is 2.89. The number of rotatable bonds is 1. The van der Waals surface area contributed by atoms with Crippen LogP contribution >= 0.6 is 0 Å². The summed E-state index contributed by atoms with van der Waals surface area (Å²) >= 11 is 0. The second-order valence-electron chi connectivity index (χ2n) is 4.64. The maximum atomic E-state index is 12.2. The molecule has 84 valence electrons. The molecule has 0 spiro atoms. The Balaban J connectivity index is 2.02. The van der Waals surface area contributed by atoms with Gasteiger partial charge in [0.15, 0.2) is 0 Å². The molecule has 1 saturated heterocycles. The van der Waals surface area contributed by atoms with Crippen LogP contribution in [0.3, 0.4) is 0 Å². The summed E-state index contributed by atoms with van der Waals surface area (Å²) in [6.07, 6.45) is 1.06. The van der Waals surface area contributed by atoms with Gasteiger partial charge in [-0.1, -0.05) is 18.2 Å². The average molecular weight is 216 g/mol. The number of nitrogens with zero attached hydrogens (tertiary/aromatic N) is 1. The number of nitrogens with one attached hydrogen (secondary N) is 1. The van der Waals surface area contributed by atoms with Gasteiger partial charge in [0.1, 0.15) is 0 Å². The molecule has 1 fully saturated rings. The summed E-state index contributed by atoms with van der Waals surface area (Å²) in [5.41, 5.74) is 2.30. The second-order valence-corrected chi connectivity index (χ2v) is 4.64. The highest BCUT2D eigenvalue weighted by atomic mass is 16.2. The molecule has 3 nitrogen and oxygen atoms in total. The van der Waals surface area contributed by atoms with Crippen molar-refractivity contribution in [2.24, 2.45) is 0 Å². The smallest absolute Gasteiger partial charge is 0.234 e. The number of amides is 1. The van der Waals surface area contributed by atoms with Crippen molar-refractivity contribution in [1.82, 2.24) is 5.32 Å². The number of fused-ring (bicyclic) bond motifs is 1. The number of hydrogen-bond acceptors (Lipinski definition) is 2. The molecule has 2 aliphatic heterocycles. The molecule has 1 N–H and O–H groups in total. The quantitative estimate of drug-likeness (QED) is 0.771. The summed E-state index contributed by atoms with van der Waals surface area (Å²) in [6.45, 7) is 3.95. The monoisotopic (exact) mass is 216 g/mol. The maximum Gasteiger partial charge on any atom is 0.234 e. The maximum absolute atomic E-state index is 12.2. The van der Waals surface area contributed by atoms with E-state index in [0.717, 1.165) is 25.2 Å². The van der Waals surface area contributed by atoms with Gasteiger partial charge in [0.05, 0.1) is 12.0 Å². The molecule has 2 heterocycles. The molecule has 1 aromatic rings. The van der Waals surface area contributed by atoms with Crippen LogP contribution in [0.4, 0.5) is 5.69 Å². The molecular weight excluding hydrogens is 200 g/mol. The Labute approximate surface area is 95.4 Å². The highest BCUT2D eigenvalue weighted by Crippen LogP contribution is 2.38. The van der Waals surface area contributed by atoms with E-state index in [1.165, 1.54) is 5.56 Å². The van der Waals surface area contributed by atoms with Gasteiger partial charge in [0, 0.05) is 12.2 Å². The Morgan fingerprint density at radius 3 is 2.94 bits per heavy atom. The van der Waals surface area contributed by atoms with Gasteiger partial charge in [0.2, 0.25) is 5.91 Å². The van der Waals surface area contributed by atoms with Gasteiger partial charge in [-0.15, -0.1) is 0 Å². The molecule has 1 amide bonds. The lowest BCUT2D eigenvalue weighted by atomic mass is 10.0. The van der Waals surface area contributed by atoms with Crippen LogP contribution in [0.5, 0.6) is 0 Å². The molecule has 0 aromatic heterocycles. The van der Waals surface area contributed by atoms with E-state index in [4.69, 9.17) is 0 Å². The van der Waals surface area contributed by atoms with Crippen molar-refractivity contribution in [1.29, 1.82) is 0 Å². The van der Waals surface area contributed by atoms with Crippen LogP contribution in [0.15, 0.2) is 24.3 Å². The first-order chi connectivity index (χ1) is 7.79. The first-order valence-corrected chi connectivity index (χ1v) is 5.92. The van der Waals surface area contributed by atoms with Crippen LogP contribution in [0.25, 0.3) is 0 Å². The SMILES string of the molecule is CC1C(=O)N([C@H]2CCNC2)c2ccccc21. The van der Waals surface area contributed by atoms with Gasteiger partial charge in [-0.2, -0.15) is 0 Å². The highest BCUT2D eigenvalue weighted by Gasteiger charge is 2.38. The molecule has 2 aliphatic rings. The third-order valence-electron chi connectivity index (χ3n) is 3.67. The molecule has 1 unspecified atom stereocenters. The molecule has 0 bridgehead atoms. The summed E-state index contributed by atoms with van der Waals surface area (Å²) in [5.74, 6) is 0.284. The summed E-state index contributed by atoms with van der Waals surface area (Å²) in [6, 6.07) is 8.51. The summed E-state index contributed by atoms with van der Waals surface area (Å²) in [7, 11) is 0. The minimum atomic E-state index is 0.0248. The fourth-order valence-corrected chi connectivity index (χ4v) is 2.77. The first-order valence-electron chi connectivity index (χ1n) is 5.92. The van der Waals surface area contributed by atoms with E-state index in [1.807, 2.05) is 24.0 Å². The van der Waals surface area contributed by atoms with Gasteiger partial charge < -0.3 is 10.2 Å². The number of benzene rings is 1. The Bertz CT molecular complexity index is 424. The van der Waals surface area contributed by atoms with Gasteiger partial charge >= 0.3 is 0 Å². The van der Waals surface area contributed by atoms with E-state index in [9.17, 15) is 4.79 Å². The molecule has 2 atom stereocenters. The minimum absolute atomic E-state index is 0.0248. The molecule has 16 heavy (non-hydrogen) atoms. The molecule has 0 aliphatic carbocycles. The van der Waals surface area contributed by atoms with Gasteiger partial charge in [0.25, 0.3) is 0 Å². The largest absolute Gasteiger partial charge is 0.315 e. The van der Waals surface area contributed by atoms with Crippen LogP contribution in [0.1, 0.15) is 24.8 Å². The van der Waals surface area contributed by atoms with Crippen LogP contribution in [-0.4, -0.2) is 25.0 Å². The number of para-hydroxylation sites is 1. The zero-order valence-electron chi connectivity index (χ0n) is 9.44. The molecule has 1 aromatic carbocycles. The predicted molar refractivity (Wildman–Crippen MR) is 63.6 cm³/mol. The number of hydrogen-bond donors (Lipinski definition) is 1. The lowest BCUT2D eigenvalue weighted by Gasteiger charge is -2.24. The predicted octanol–water partition coefficient (Wildman–Crippen LogP) is 1.50. The lowest BCUT2D eigenvalue weighted by molar-refractivity contribution is -0.119. The van der Waals surface area contributed by atoms with Crippen molar-refractivity contribution >= 4 is 11.6 Å².